The molecule has 0 aromatic heterocycles. The Kier molecular flexibility index (Phi) is 5.34. The topological polar surface area (TPSA) is 77.1 Å². The van der Waals surface area contributed by atoms with E-state index in [2.05, 4.69) is 5.32 Å². The number of ether oxygens (including phenoxy) is 3. The number of carbonyl (C=O) groups is 2. The molecule has 2 aliphatic rings. The fourth-order valence-electron chi connectivity index (χ4n) is 3.90. The smallest absolute Gasteiger partial charge is 0.263 e. The number of hydrogen-bond donors (Lipinski definition) is 1. The molecule has 2 heterocycles. The zero-order chi connectivity index (χ0) is 22.9. The zero-order valence-electron chi connectivity index (χ0n) is 17.8. The van der Waals surface area contributed by atoms with Crippen molar-refractivity contribution in [1.29, 1.82) is 0 Å². The molecule has 1 N–H and O–H groups in total. The average Bonchev–Trinajstić information content (AvgIpc) is 3.23. The Hall–Kier alpha value is -4.07. The third-order valence-electron chi connectivity index (χ3n) is 5.54. The summed E-state index contributed by atoms with van der Waals surface area (Å²) in [5.74, 6) is 0.862. The zero-order valence-corrected chi connectivity index (χ0v) is 17.8. The molecule has 2 amide bonds. The van der Waals surface area contributed by atoms with Gasteiger partial charge < -0.3 is 24.4 Å². The molecule has 1 unspecified atom stereocenters. The van der Waals surface area contributed by atoms with Crippen LogP contribution in [0.4, 0.5) is 10.1 Å². The third-order valence-corrected chi connectivity index (χ3v) is 5.54. The normalized spacial score (nSPS) is 16.6. The van der Waals surface area contributed by atoms with Crippen LogP contribution in [-0.4, -0.2) is 29.6 Å². The summed E-state index contributed by atoms with van der Waals surface area (Å²) in [6.45, 7) is 2.56. The molecule has 0 saturated heterocycles. The molecule has 0 fully saturated rings. The van der Waals surface area contributed by atoms with E-state index in [0.29, 0.717) is 36.0 Å². The van der Waals surface area contributed by atoms with Gasteiger partial charge in [0, 0.05) is 29.9 Å². The lowest BCUT2D eigenvalue weighted by Gasteiger charge is -2.22. The van der Waals surface area contributed by atoms with Gasteiger partial charge in [-0.25, -0.2) is 4.39 Å². The molecule has 5 rings (SSSR count). The molecule has 0 aliphatic carbocycles. The van der Waals surface area contributed by atoms with Crippen molar-refractivity contribution < 1.29 is 28.2 Å². The maximum atomic E-state index is 13.5. The van der Waals surface area contributed by atoms with Crippen LogP contribution in [0, 0.1) is 5.82 Å². The van der Waals surface area contributed by atoms with Gasteiger partial charge in [0.25, 0.3) is 11.8 Å². The number of halogens is 1. The number of fused-ring (bicyclic) bond motifs is 2. The molecular weight excluding hydrogens is 427 g/mol. The Morgan fingerprint density at radius 1 is 1.06 bits per heavy atom. The van der Waals surface area contributed by atoms with E-state index in [1.807, 2.05) is 18.2 Å². The first-order chi connectivity index (χ1) is 16.0. The Labute approximate surface area is 189 Å². The Morgan fingerprint density at radius 2 is 1.88 bits per heavy atom. The quantitative estimate of drug-likeness (QED) is 0.650. The lowest BCUT2D eigenvalue weighted by Crippen LogP contribution is -2.37. The molecule has 0 bridgehead atoms. The minimum absolute atomic E-state index is 0.144. The Bertz CT molecular complexity index is 1250. The van der Waals surface area contributed by atoms with Crippen LogP contribution >= 0.6 is 0 Å². The molecule has 3 aromatic rings. The average molecular weight is 448 g/mol. The minimum atomic E-state index is -0.659. The van der Waals surface area contributed by atoms with Gasteiger partial charge >= 0.3 is 0 Å². The standard InChI is InChI=1S/C25H21FN2O5/c1-15-25(30)28(12-16-5-7-22-23(9-16)32-14-31-22)13-18-11-20(6-8-21(18)33-15)27-24(29)17-3-2-4-19(26)10-17/h2-11,15H,12-14H2,1H3,(H,27,29). The van der Waals surface area contributed by atoms with Crippen molar-refractivity contribution in [3.63, 3.8) is 0 Å². The number of benzene rings is 3. The number of carbonyl (C=O) groups excluding carboxylic acids is 2. The second-order valence-electron chi connectivity index (χ2n) is 7.93. The van der Waals surface area contributed by atoms with Crippen molar-refractivity contribution in [1.82, 2.24) is 4.90 Å². The molecule has 33 heavy (non-hydrogen) atoms. The van der Waals surface area contributed by atoms with E-state index in [4.69, 9.17) is 14.2 Å². The van der Waals surface area contributed by atoms with Crippen molar-refractivity contribution in [2.24, 2.45) is 0 Å². The van der Waals surface area contributed by atoms with E-state index in [9.17, 15) is 14.0 Å². The van der Waals surface area contributed by atoms with Crippen LogP contribution in [-0.2, 0) is 17.9 Å². The van der Waals surface area contributed by atoms with Gasteiger partial charge in [0.05, 0.1) is 0 Å². The van der Waals surface area contributed by atoms with Crippen molar-refractivity contribution >= 4 is 17.5 Å². The molecule has 168 valence electrons. The third kappa shape index (κ3) is 4.32. The largest absolute Gasteiger partial charge is 0.481 e. The maximum Gasteiger partial charge on any atom is 0.263 e. The summed E-state index contributed by atoms with van der Waals surface area (Å²) in [6.07, 6.45) is -0.659. The van der Waals surface area contributed by atoms with E-state index < -0.39 is 17.8 Å². The Morgan fingerprint density at radius 3 is 2.73 bits per heavy atom. The highest BCUT2D eigenvalue weighted by Crippen LogP contribution is 2.34. The monoisotopic (exact) mass is 448 g/mol. The minimum Gasteiger partial charge on any atom is -0.481 e. The summed E-state index contributed by atoms with van der Waals surface area (Å²) in [7, 11) is 0. The summed E-state index contributed by atoms with van der Waals surface area (Å²) < 4.78 is 30.1. The van der Waals surface area contributed by atoms with Gasteiger partial charge in [0.15, 0.2) is 17.6 Å². The van der Waals surface area contributed by atoms with E-state index in [-0.39, 0.29) is 18.3 Å². The summed E-state index contributed by atoms with van der Waals surface area (Å²) in [6, 6.07) is 16.3. The maximum absolute atomic E-state index is 13.5. The van der Waals surface area contributed by atoms with Gasteiger partial charge in [-0.3, -0.25) is 9.59 Å². The predicted octanol–water partition coefficient (Wildman–Crippen LogP) is 4.12. The first-order valence-corrected chi connectivity index (χ1v) is 10.5. The fourth-order valence-corrected chi connectivity index (χ4v) is 3.90. The molecule has 0 spiro atoms. The van der Waals surface area contributed by atoms with Crippen LogP contribution < -0.4 is 19.5 Å². The van der Waals surface area contributed by atoms with Crippen LogP contribution in [0.3, 0.4) is 0 Å². The van der Waals surface area contributed by atoms with Crippen LogP contribution in [0.15, 0.2) is 60.7 Å². The lowest BCUT2D eigenvalue weighted by atomic mass is 10.1. The highest BCUT2D eigenvalue weighted by molar-refractivity contribution is 6.04. The predicted molar refractivity (Wildman–Crippen MR) is 118 cm³/mol. The highest BCUT2D eigenvalue weighted by atomic mass is 19.1. The van der Waals surface area contributed by atoms with Gasteiger partial charge in [0.2, 0.25) is 6.79 Å². The molecule has 8 heteroatoms. The van der Waals surface area contributed by atoms with Crippen LogP contribution in [0.1, 0.15) is 28.4 Å². The SMILES string of the molecule is CC1Oc2ccc(NC(=O)c3cccc(F)c3)cc2CN(Cc2ccc3c(c2)OCO3)C1=O. The molecule has 2 aliphatic heterocycles. The molecule has 1 atom stereocenters. The van der Waals surface area contributed by atoms with Gasteiger partial charge in [-0.15, -0.1) is 0 Å². The first kappa shape index (κ1) is 20.8. The van der Waals surface area contributed by atoms with Crippen molar-refractivity contribution in [3.8, 4) is 17.2 Å². The van der Waals surface area contributed by atoms with E-state index in [0.717, 1.165) is 11.1 Å². The second-order valence-corrected chi connectivity index (χ2v) is 7.93. The molecule has 7 nitrogen and oxygen atoms in total. The summed E-state index contributed by atoms with van der Waals surface area (Å²) >= 11 is 0. The number of amides is 2. The van der Waals surface area contributed by atoms with Gasteiger partial charge in [-0.2, -0.15) is 0 Å². The number of nitrogens with zero attached hydrogens (tertiary/aromatic N) is 1. The van der Waals surface area contributed by atoms with E-state index in [1.54, 1.807) is 36.1 Å². The summed E-state index contributed by atoms with van der Waals surface area (Å²) in [5.41, 5.74) is 2.40. The fraction of sp³-hybridized carbons (Fsp3) is 0.200. The number of anilines is 1. The van der Waals surface area contributed by atoms with Gasteiger partial charge in [0.1, 0.15) is 11.6 Å². The molecule has 0 saturated carbocycles. The number of nitrogens with one attached hydrogen (secondary N) is 1. The van der Waals surface area contributed by atoms with Gasteiger partial charge in [-0.1, -0.05) is 12.1 Å². The van der Waals surface area contributed by atoms with E-state index in [1.165, 1.54) is 18.2 Å². The molecular formula is C25H21FN2O5. The number of rotatable bonds is 4. The molecule has 0 radical (unpaired) electrons. The molecule has 3 aromatic carbocycles. The van der Waals surface area contributed by atoms with Crippen molar-refractivity contribution in [2.75, 3.05) is 12.1 Å². The summed E-state index contributed by atoms with van der Waals surface area (Å²) in [5, 5.41) is 2.78. The van der Waals surface area contributed by atoms with Gasteiger partial charge in [-0.05, 0) is 61.0 Å². The number of hydrogen-bond acceptors (Lipinski definition) is 5. The second kappa shape index (κ2) is 8.46. The van der Waals surface area contributed by atoms with Crippen LogP contribution in [0.2, 0.25) is 0 Å². The Balaban J connectivity index is 1.37. The van der Waals surface area contributed by atoms with Crippen LogP contribution in [0.5, 0.6) is 17.2 Å². The van der Waals surface area contributed by atoms with Crippen molar-refractivity contribution in [3.05, 3.63) is 83.2 Å². The van der Waals surface area contributed by atoms with Crippen LogP contribution in [0.25, 0.3) is 0 Å². The lowest BCUT2D eigenvalue weighted by molar-refractivity contribution is -0.138. The van der Waals surface area contributed by atoms with Crippen molar-refractivity contribution in [2.45, 2.75) is 26.1 Å². The summed E-state index contributed by atoms with van der Waals surface area (Å²) in [4.78, 5) is 27.2. The van der Waals surface area contributed by atoms with E-state index >= 15 is 0 Å². The highest BCUT2D eigenvalue weighted by Gasteiger charge is 2.28. The first-order valence-electron chi connectivity index (χ1n) is 10.5.